The minimum absolute atomic E-state index is 0.0600. The molecule has 0 aliphatic rings. The van der Waals surface area contributed by atoms with Crippen LogP contribution in [0.4, 0.5) is 8.78 Å². The van der Waals surface area contributed by atoms with Crippen LogP contribution in [-0.2, 0) is 11.3 Å². The second-order valence-electron chi connectivity index (χ2n) is 6.61. The van der Waals surface area contributed by atoms with Gasteiger partial charge < -0.3 is 10.2 Å². The maximum absolute atomic E-state index is 14.0. The molecule has 0 heterocycles. The van der Waals surface area contributed by atoms with Crippen molar-refractivity contribution >= 4 is 11.8 Å². The molecule has 1 atom stereocenters. The zero-order valence-electron chi connectivity index (χ0n) is 15.8. The van der Waals surface area contributed by atoms with E-state index in [1.54, 1.807) is 54.6 Å². The topological polar surface area (TPSA) is 49.4 Å². The number of nitrogens with zero attached hydrogens (tertiary/aromatic N) is 1. The summed E-state index contributed by atoms with van der Waals surface area (Å²) in [5.41, 5.74) is 1.21. The molecule has 0 unspecified atom stereocenters. The molecule has 0 spiro atoms. The Labute approximate surface area is 167 Å². The summed E-state index contributed by atoms with van der Waals surface area (Å²) >= 11 is 0. The average Bonchev–Trinajstić information content (AvgIpc) is 2.74. The standard InChI is InChI=1S/C23H20F2N2O2/c1-27(15-18-12-13-19(24)14-20(18)25)23(29)21(16-8-4-2-5-9-16)26-22(28)17-10-6-3-7-11-17/h2-14,21H,15H2,1H3,(H,26,28)/t21-/m1/s1. The predicted octanol–water partition coefficient (Wildman–Crippen LogP) is 4.09. The predicted molar refractivity (Wildman–Crippen MR) is 106 cm³/mol. The zero-order chi connectivity index (χ0) is 20.8. The van der Waals surface area contributed by atoms with Crippen molar-refractivity contribution in [3.63, 3.8) is 0 Å². The van der Waals surface area contributed by atoms with E-state index in [4.69, 9.17) is 0 Å². The Morgan fingerprint density at radius 3 is 2.17 bits per heavy atom. The van der Waals surface area contributed by atoms with E-state index in [0.717, 1.165) is 12.1 Å². The Morgan fingerprint density at radius 2 is 1.55 bits per heavy atom. The van der Waals surface area contributed by atoms with Crippen LogP contribution in [0.15, 0.2) is 78.9 Å². The monoisotopic (exact) mass is 394 g/mol. The van der Waals surface area contributed by atoms with E-state index < -0.39 is 29.5 Å². The Morgan fingerprint density at radius 1 is 0.931 bits per heavy atom. The molecular formula is C23H20F2N2O2. The van der Waals surface area contributed by atoms with Crippen molar-refractivity contribution in [2.75, 3.05) is 7.05 Å². The summed E-state index contributed by atoms with van der Waals surface area (Å²) in [6, 6.07) is 19.7. The summed E-state index contributed by atoms with van der Waals surface area (Å²) < 4.78 is 27.1. The molecular weight excluding hydrogens is 374 g/mol. The summed E-state index contributed by atoms with van der Waals surface area (Å²) in [7, 11) is 1.51. The van der Waals surface area contributed by atoms with Gasteiger partial charge in [-0.05, 0) is 23.8 Å². The molecule has 4 nitrogen and oxygen atoms in total. The van der Waals surface area contributed by atoms with E-state index in [-0.39, 0.29) is 12.1 Å². The Balaban J connectivity index is 1.83. The molecule has 0 aromatic heterocycles. The van der Waals surface area contributed by atoms with E-state index in [2.05, 4.69) is 5.32 Å². The minimum atomic E-state index is -0.947. The fourth-order valence-corrected chi connectivity index (χ4v) is 2.94. The molecule has 0 aliphatic carbocycles. The van der Waals surface area contributed by atoms with Crippen molar-refractivity contribution < 1.29 is 18.4 Å². The van der Waals surface area contributed by atoms with Crippen LogP contribution >= 0.6 is 0 Å². The van der Waals surface area contributed by atoms with E-state index in [9.17, 15) is 18.4 Å². The number of nitrogens with one attached hydrogen (secondary N) is 1. The number of amides is 2. The van der Waals surface area contributed by atoms with E-state index >= 15 is 0 Å². The van der Waals surface area contributed by atoms with Crippen LogP contribution in [-0.4, -0.2) is 23.8 Å². The molecule has 0 radical (unpaired) electrons. The number of benzene rings is 3. The van der Waals surface area contributed by atoms with Gasteiger partial charge in [0.05, 0.1) is 0 Å². The summed E-state index contributed by atoms with van der Waals surface area (Å²) in [4.78, 5) is 27.0. The second kappa shape index (κ2) is 9.10. The van der Waals surface area contributed by atoms with Gasteiger partial charge in [-0.25, -0.2) is 8.78 Å². The molecule has 2 amide bonds. The van der Waals surface area contributed by atoms with Gasteiger partial charge in [0.15, 0.2) is 0 Å². The summed E-state index contributed by atoms with van der Waals surface area (Å²) in [6.45, 7) is -0.0600. The van der Waals surface area contributed by atoms with Crippen LogP contribution in [0.2, 0.25) is 0 Å². The van der Waals surface area contributed by atoms with Gasteiger partial charge in [-0.1, -0.05) is 54.6 Å². The molecule has 3 aromatic rings. The van der Waals surface area contributed by atoms with Gasteiger partial charge in [-0.2, -0.15) is 0 Å². The molecule has 148 valence electrons. The first-order valence-corrected chi connectivity index (χ1v) is 9.05. The maximum atomic E-state index is 14.0. The van der Waals surface area contributed by atoms with E-state index in [1.165, 1.54) is 18.0 Å². The van der Waals surface area contributed by atoms with Crippen molar-refractivity contribution in [2.45, 2.75) is 12.6 Å². The number of hydrogen-bond donors (Lipinski definition) is 1. The number of carbonyl (C=O) groups is 2. The molecule has 29 heavy (non-hydrogen) atoms. The third-order valence-electron chi connectivity index (χ3n) is 4.49. The van der Waals surface area contributed by atoms with Crippen LogP contribution in [0.3, 0.4) is 0 Å². The molecule has 6 heteroatoms. The lowest BCUT2D eigenvalue weighted by molar-refractivity contribution is -0.132. The summed E-state index contributed by atoms with van der Waals surface area (Å²) in [6.07, 6.45) is 0. The molecule has 3 rings (SSSR count). The minimum Gasteiger partial charge on any atom is -0.339 e. The average molecular weight is 394 g/mol. The third-order valence-corrected chi connectivity index (χ3v) is 4.49. The molecule has 1 N–H and O–H groups in total. The SMILES string of the molecule is CN(Cc1ccc(F)cc1F)C(=O)[C@H](NC(=O)c1ccccc1)c1ccccc1. The van der Waals surface area contributed by atoms with Crippen molar-refractivity contribution in [3.05, 3.63) is 107 Å². The highest BCUT2D eigenvalue weighted by Crippen LogP contribution is 2.19. The Hall–Kier alpha value is -3.54. The van der Waals surface area contributed by atoms with Crippen LogP contribution in [0, 0.1) is 11.6 Å². The van der Waals surface area contributed by atoms with Crippen LogP contribution < -0.4 is 5.32 Å². The largest absolute Gasteiger partial charge is 0.339 e. The highest BCUT2D eigenvalue weighted by atomic mass is 19.1. The number of likely N-dealkylation sites (N-methyl/N-ethyl adjacent to an activating group) is 1. The first kappa shape index (κ1) is 20.2. The van der Waals surface area contributed by atoms with Crippen molar-refractivity contribution in [3.8, 4) is 0 Å². The van der Waals surface area contributed by atoms with Crippen molar-refractivity contribution in [2.24, 2.45) is 0 Å². The number of rotatable bonds is 6. The van der Waals surface area contributed by atoms with Gasteiger partial charge in [0, 0.05) is 30.8 Å². The van der Waals surface area contributed by atoms with Crippen molar-refractivity contribution in [1.82, 2.24) is 10.2 Å². The Kier molecular flexibility index (Phi) is 6.34. The molecule has 0 saturated heterocycles. The van der Waals surface area contributed by atoms with Crippen LogP contribution in [0.5, 0.6) is 0 Å². The van der Waals surface area contributed by atoms with Gasteiger partial charge in [-0.3, -0.25) is 9.59 Å². The lowest BCUT2D eigenvalue weighted by Gasteiger charge is -2.25. The fraction of sp³-hybridized carbons (Fsp3) is 0.130. The quantitative estimate of drug-likeness (QED) is 0.685. The van der Waals surface area contributed by atoms with Crippen LogP contribution in [0.25, 0.3) is 0 Å². The zero-order valence-corrected chi connectivity index (χ0v) is 15.8. The van der Waals surface area contributed by atoms with Gasteiger partial charge in [0.2, 0.25) is 5.91 Å². The molecule has 0 saturated carbocycles. The summed E-state index contributed by atoms with van der Waals surface area (Å²) in [5, 5.41) is 2.76. The lowest BCUT2D eigenvalue weighted by Crippen LogP contribution is -2.41. The maximum Gasteiger partial charge on any atom is 0.252 e. The van der Waals surface area contributed by atoms with E-state index in [0.29, 0.717) is 11.1 Å². The van der Waals surface area contributed by atoms with Gasteiger partial charge in [0.1, 0.15) is 17.7 Å². The fourth-order valence-electron chi connectivity index (χ4n) is 2.94. The normalized spacial score (nSPS) is 11.6. The number of hydrogen-bond acceptors (Lipinski definition) is 2. The highest BCUT2D eigenvalue weighted by molar-refractivity contribution is 5.97. The smallest absolute Gasteiger partial charge is 0.252 e. The second-order valence-corrected chi connectivity index (χ2v) is 6.61. The van der Waals surface area contributed by atoms with E-state index in [1.807, 2.05) is 6.07 Å². The first-order chi connectivity index (χ1) is 14.0. The van der Waals surface area contributed by atoms with Crippen LogP contribution in [0.1, 0.15) is 27.5 Å². The number of carbonyl (C=O) groups excluding carboxylic acids is 2. The Bertz CT molecular complexity index is 994. The highest BCUT2D eigenvalue weighted by Gasteiger charge is 2.26. The first-order valence-electron chi connectivity index (χ1n) is 9.05. The summed E-state index contributed by atoms with van der Waals surface area (Å²) in [5.74, 6) is -2.22. The lowest BCUT2D eigenvalue weighted by atomic mass is 10.0. The molecule has 0 aliphatic heterocycles. The third kappa shape index (κ3) is 5.04. The van der Waals surface area contributed by atoms with Crippen molar-refractivity contribution in [1.29, 1.82) is 0 Å². The molecule has 3 aromatic carbocycles. The molecule has 0 bridgehead atoms. The van der Waals surface area contributed by atoms with Gasteiger partial charge >= 0.3 is 0 Å². The van der Waals surface area contributed by atoms with Gasteiger partial charge in [-0.15, -0.1) is 0 Å². The molecule has 0 fully saturated rings. The number of halogens is 2. The van der Waals surface area contributed by atoms with Gasteiger partial charge in [0.25, 0.3) is 5.91 Å².